The second-order valence-corrected chi connectivity index (χ2v) is 10.4. The highest BCUT2D eigenvalue weighted by atomic mass is 16.5. The number of rotatable bonds is 8. The van der Waals surface area contributed by atoms with Crippen LogP contribution >= 0.6 is 0 Å². The molecule has 3 aromatic carbocycles. The zero-order valence-electron chi connectivity index (χ0n) is 23.2. The first-order valence-electron chi connectivity index (χ1n) is 13.7. The van der Waals surface area contributed by atoms with E-state index in [1.807, 2.05) is 80.4 Å². The predicted molar refractivity (Wildman–Crippen MR) is 157 cm³/mol. The Morgan fingerprint density at radius 2 is 1.73 bits per heavy atom. The number of piperazine rings is 1. The van der Waals surface area contributed by atoms with Crippen molar-refractivity contribution in [2.45, 2.75) is 32.8 Å². The van der Waals surface area contributed by atoms with Crippen molar-refractivity contribution in [2.75, 3.05) is 31.1 Å². The molecule has 5 rings (SSSR count). The summed E-state index contributed by atoms with van der Waals surface area (Å²) in [4.78, 5) is 22.5. The minimum atomic E-state index is 0.0384. The van der Waals surface area contributed by atoms with E-state index in [1.165, 1.54) is 0 Å². The topological polar surface area (TPSA) is 109 Å². The highest BCUT2D eigenvalue weighted by molar-refractivity contribution is 5.98. The summed E-state index contributed by atoms with van der Waals surface area (Å²) in [6.45, 7) is 6.91. The Bertz CT molecular complexity index is 1520. The molecule has 2 heterocycles. The fraction of sp³-hybridized carbons (Fsp3) is 0.323. The van der Waals surface area contributed by atoms with Crippen LogP contribution in [0.3, 0.4) is 0 Å². The molecule has 1 saturated heterocycles. The van der Waals surface area contributed by atoms with E-state index in [2.05, 4.69) is 26.8 Å². The van der Waals surface area contributed by atoms with E-state index in [1.54, 1.807) is 0 Å². The number of imidazole rings is 1. The quantitative estimate of drug-likeness (QED) is 0.150. The van der Waals surface area contributed by atoms with E-state index in [4.69, 9.17) is 20.7 Å². The Morgan fingerprint density at radius 3 is 2.42 bits per heavy atom. The molecule has 9 nitrogen and oxygen atoms in total. The third-order valence-electron chi connectivity index (χ3n) is 7.34. The number of aryl methyl sites for hydroxylation is 3. The van der Waals surface area contributed by atoms with Crippen LogP contribution in [0.1, 0.15) is 41.2 Å². The van der Waals surface area contributed by atoms with Gasteiger partial charge in [0.25, 0.3) is 5.91 Å². The number of carbonyl (C=O) groups is 1. The first kappa shape index (κ1) is 27.1. The number of nitrogens with zero attached hydrogens (tertiary/aromatic N) is 5. The summed E-state index contributed by atoms with van der Waals surface area (Å²) in [5.74, 6) is 1.95. The van der Waals surface area contributed by atoms with Crippen molar-refractivity contribution in [2.24, 2.45) is 17.9 Å². The van der Waals surface area contributed by atoms with Gasteiger partial charge in [-0.1, -0.05) is 35.5 Å². The van der Waals surface area contributed by atoms with Crippen molar-refractivity contribution in [3.8, 4) is 5.75 Å². The molecule has 0 aliphatic carbocycles. The number of oxime groups is 1. The predicted octanol–water partition coefficient (Wildman–Crippen LogP) is 4.20. The van der Waals surface area contributed by atoms with Crippen LogP contribution in [0.2, 0.25) is 0 Å². The number of amidine groups is 1. The molecule has 1 aromatic heterocycles. The second-order valence-electron chi connectivity index (χ2n) is 10.4. The van der Waals surface area contributed by atoms with Gasteiger partial charge in [0.1, 0.15) is 11.6 Å². The van der Waals surface area contributed by atoms with Crippen LogP contribution in [-0.4, -0.2) is 63.7 Å². The van der Waals surface area contributed by atoms with Crippen molar-refractivity contribution in [3.05, 3.63) is 89.2 Å². The number of aromatic nitrogens is 2. The molecule has 0 radical (unpaired) electrons. The van der Waals surface area contributed by atoms with Crippen molar-refractivity contribution in [1.29, 1.82) is 0 Å². The Labute approximate surface area is 234 Å². The molecule has 0 bridgehead atoms. The highest BCUT2D eigenvalue weighted by Crippen LogP contribution is 2.24. The maximum Gasteiger partial charge on any atom is 0.254 e. The molecule has 1 amide bonds. The maximum absolute atomic E-state index is 13.4. The molecule has 0 unspecified atom stereocenters. The maximum atomic E-state index is 13.4. The van der Waals surface area contributed by atoms with Gasteiger partial charge < -0.3 is 30.0 Å². The van der Waals surface area contributed by atoms with Gasteiger partial charge in [-0.2, -0.15) is 0 Å². The van der Waals surface area contributed by atoms with Crippen LogP contribution in [-0.2, 0) is 19.9 Å². The lowest BCUT2D eigenvalue weighted by atomic mass is 10.1. The fourth-order valence-corrected chi connectivity index (χ4v) is 5.14. The number of fused-ring (bicyclic) bond motifs is 1. The summed E-state index contributed by atoms with van der Waals surface area (Å²) in [5.41, 5.74) is 11.1. The summed E-state index contributed by atoms with van der Waals surface area (Å²) in [7, 11) is 2.01. The smallest absolute Gasteiger partial charge is 0.254 e. The standard InChI is InChI=1S/C31H36N6O3/c1-21(2)40-26-6-4-5-25(20-26)36-15-17-37(18-16-36)31(38)24-12-13-28-27(19-24)33-29(35(28)3)14-9-22-7-10-23(11-8-22)30(32)34-39/h4-8,10-13,19-21,39H,9,14-18H2,1-3H3,(H2,32,34). The number of carbonyl (C=O) groups excluding carboxylic acids is 1. The zero-order chi connectivity index (χ0) is 28.2. The van der Waals surface area contributed by atoms with Gasteiger partial charge in [-0.05, 0) is 56.2 Å². The normalized spacial score (nSPS) is 14.2. The third kappa shape index (κ3) is 5.88. The van der Waals surface area contributed by atoms with E-state index >= 15 is 0 Å². The van der Waals surface area contributed by atoms with Crippen LogP contribution in [0.4, 0.5) is 5.69 Å². The van der Waals surface area contributed by atoms with E-state index < -0.39 is 0 Å². The van der Waals surface area contributed by atoms with Gasteiger partial charge in [0, 0.05) is 62.5 Å². The van der Waals surface area contributed by atoms with Crippen molar-refractivity contribution in [1.82, 2.24) is 14.5 Å². The van der Waals surface area contributed by atoms with Crippen LogP contribution in [0.15, 0.2) is 71.9 Å². The molecule has 0 atom stereocenters. The molecule has 3 N–H and O–H groups in total. The van der Waals surface area contributed by atoms with Gasteiger partial charge >= 0.3 is 0 Å². The van der Waals surface area contributed by atoms with Gasteiger partial charge in [-0.25, -0.2) is 4.98 Å². The van der Waals surface area contributed by atoms with Crippen LogP contribution in [0.25, 0.3) is 11.0 Å². The van der Waals surface area contributed by atoms with Crippen LogP contribution < -0.4 is 15.4 Å². The average Bonchev–Trinajstić information content (AvgIpc) is 3.29. The Balaban J connectivity index is 1.22. The molecule has 1 aliphatic heterocycles. The molecule has 0 saturated carbocycles. The largest absolute Gasteiger partial charge is 0.491 e. The Hall–Kier alpha value is -4.53. The minimum absolute atomic E-state index is 0.0384. The molecular weight excluding hydrogens is 504 g/mol. The number of ether oxygens (including phenoxy) is 1. The van der Waals surface area contributed by atoms with Crippen molar-refractivity contribution < 1.29 is 14.7 Å². The van der Waals surface area contributed by atoms with Gasteiger partial charge in [0.2, 0.25) is 0 Å². The summed E-state index contributed by atoms with van der Waals surface area (Å²) < 4.78 is 7.93. The zero-order valence-corrected chi connectivity index (χ0v) is 23.2. The first-order valence-corrected chi connectivity index (χ1v) is 13.7. The number of hydrogen-bond acceptors (Lipinski definition) is 6. The van der Waals surface area contributed by atoms with Crippen molar-refractivity contribution >= 4 is 28.5 Å². The number of nitrogens with two attached hydrogens (primary N) is 1. The SMILES string of the molecule is CC(C)Oc1cccc(N2CCN(C(=O)c3ccc4c(c3)nc(CCc3ccc(C(N)=NO)cc3)n4C)CC2)c1. The summed E-state index contributed by atoms with van der Waals surface area (Å²) in [6.07, 6.45) is 1.68. The van der Waals surface area contributed by atoms with E-state index in [9.17, 15) is 4.79 Å². The third-order valence-corrected chi connectivity index (χ3v) is 7.34. The number of benzene rings is 3. The molecule has 1 fully saturated rings. The average molecular weight is 541 g/mol. The molecule has 4 aromatic rings. The van der Waals surface area contributed by atoms with E-state index in [-0.39, 0.29) is 17.8 Å². The first-order chi connectivity index (χ1) is 19.3. The van der Waals surface area contributed by atoms with Gasteiger partial charge in [0.05, 0.1) is 17.1 Å². The summed E-state index contributed by atoms with van der Waals surface area (Å²) in [5, 5.41) is 11.9. The van der Waals surface area contributed by atoms with Gasteiger partial charge in [-0.3, -0.25) is 4.79 Å². The fourth-order valence-electron chi connectivity index (χ4n) is 5.14. The lowest BCUT2D eigenvalue weighted by Crippen LogP contribution is -2.48. The molecule has 208 valence electrons. The summed E-state index contributed by atoms with van der Waals surface area (Å²) >= 11 is 0. The lowest BCUT2D eigenvalue weighted by molar-refractivity contribution is 0.0747. The van der Waals surface area contributed by atoms with E-state index in [0.717, 1.165) is 59.8 Å². The van der Waals surface area contributed by atoms with E-state index in [0.29, 0.717) is 24.2 Å². The number of amides is 1. The van der Waals surface area contributed by atoms with Crippen LogP contribution in [0.5, 0.6) is 5.75 Å². The number of hydrogen-bond donors (Lipinski definition) is 2. The van der Waals surface area contributed by atoms with Gasteiger partial charge in [0.15, 0.2) is 5.84 Å². The lowest BCUT2D eigenvalue weighted by Gasteiger charge is -2.36. The molecule has 9 heteroatoms. The molecular formula is C31H36N6O3. The Kier molecular flexibility index (Phi) is 7.91. The monoisotopic (exact) mass is 540 g/mol. The second kappa shape index (κ2) is 11.7. The number of anilines is 1. The Morgan fingerprint density at radius 1 is 1.00 bits per heavy atom. The highest BCUT2D eigenvalue weighted by Gasteiger charge is 2.23. The van der Waals surface area contributed by atoms with Crippen LogP contribution in [0, 0.1) is 0 Å². The molecule has 40 heavy (non-hydrogen) atoms. The van der Waals surface area contributed by atoms with Crippen molar-refractivity contribution in [3.63, 3.8) is 0 Å². The summed E-state index contributed by atoms with van der Waals surface area (Å²) in [6, 6.07) is 21.6. The van der Waals surface area contributed by atoms with Gasteiger partial charge in [-0.15, -0.1) is 0 Å². The molecule has 1 aliphatic rings. The molecule has 0 spiro atoms. The minimum Gasteiger partial charge on any atom is -0.491 e.